The Kier molecular flexibility index (Phi) is 4.11. The van der Waals surface area contributed by atoms with Crippen molar-refractivity contribution >= 4 is 33.0 Å². The van der Waals surface area contributed by atoms with Gasteiger partial charge in [0.2, 0.25) is 5.82 Å². The summed E-state index contributed by atoms with van der Waals surface area (Å²) >= 11 is 4.67. The second kappa shape index (κ2) is 5.62. The predicted octanol–water partition coefficient (Wildman–Crippen LogP) is 4.28. The smallest absolute Gasteiger partial charge is 0.307 e. The molecule has 0 atom stereocenters. The number of hydrogen-bond acceptors (Lipinski definition) is 4. The van der Waals surface area contributed by atoms with Crippen molar-refractivity contribution in [3.05, 3.63) is 54.7 Å². The third-order valence-corrected chi connectivity index (χ3v) is 4.15. The van der Waals surface area contributed by atoms with Gasteiger partial charge in [0.25, 0.3) is 0 Å². The van der Waals surface area contributed by atoms with Crippen molar-refractivity contribution in [3.8, 4) is 5.75 Å². The first-order valence-electron chi connectivity index (χ1n) is 4.97. The molecular weight excluding hydrogens is 344 g/mol. The molecule has 100 valence electrons. The van der Waals surface area contributed by atoms with Crippen LogP contribution in [0.5, 0.6) is 5.75 Å². The highest BCUT2D eigenvalue weighted by Crippen LogP contribution is 2.29. The molecule has 0 aliphatic rings. The fraction of sp³-hybridized carbons (Fsp3) is 0.0909. The van der Waals surface area contributed by atoms with Crippen molar-refractivity contribution in [3.63, 3.8) is 0 Å². The standard InChI is InChI=1S/C11H6BrF2NO3S/c12-6-1-2-19-11(6)5-18-10-4-7(13)9(15(16)17)3-8(10)14/h1-4H,5H2. The van der Waals surface area contributed by atoms with Gasteiger partial charge in [0.15, 0.2) is 11.6 Å². The number of hydrogen-bond donors (Lipinski definition) is 0. The molecular formula is C11H6BrF2NO3S. The fourth-order valence-corrected chi connectivity index (χ4v) is 2.72. The lowest BCUT2D eigenvalue weighted by Gasteiger charge is -2.06. The molecule has 1 aromatic heterocycles. The largest absolute Gasteiger partial charge is 0.485 e. The number of ether oxygens (including phenoxy) is 1. The summed E-state index contributed by atoms with van der Waals surface area (Å²) in [5.41, 5.74) is -0.915. The van der Waals surface area contributed by atoms with Gasteiger partial charge >= 0.3 is 5.69 Å². The highest BCUT2D eigenvalue weighted by Gasteiger charge is 2.19. The van der Waals surface area contributed by atoms with Crippen LogP contribution in [0.15, 0.2) is 28.1 Å². The zero-order valence-electron chi connectivity index (χ0n) is 9.23. The van der Waals surface area contributed by atoms with Gasteiger partial charge in [-0.2, -0.15) is 4.39 Å². The molecule has 2 rings (SSSR count). The lowest BCUT2D eigenvalue weighted by molar-refractivity contribution is -0.387. The number of benzene rings is 1. The van der Waals surface area contributed by atoms with E-state index in [1.54, 1.807) is 6.07 Å². The molecule has 4 nitrogen and oxygen atoms in total. The molecule has 0 N–H and O–H groups in total. The number of nitrogens with zero attached hydrogens (tertiary/aromatic N) is 1. The maximum absolute atomic E-state index is 13.5. The highest BCUT2D eigenvalue weighted by atomic mass is 79.9. The first kappa shape index (κ1) is 13.9. The predicted molar refractivity (Wildman–Crippen MR) is 69.4 cm³/mol. The van der Waals surface area contributed by atoms with Crippen LogP contribution in [0.3, 0.4) is 0 Å². The first-order chi connectivity index (χ1) is 8.99. The van der Waals surface area contributed by atoms with Crippen molar-refractivity contribution in [1.82, 2.24) is 0 Å². The molecule has 0 spiro atoms. The van der Waals surface area contributed by atoms with Gasteiger partial charge in [0, 0.05) is 10.5 Å². The third-order valence-electron chi connectivity index (χ3n) is 2.25. The molecule has 0 fully saturated rings. The molecule has 1 heterocycles. The molecule has 1 aromatic carbocycles. The Morgan fingerprint density at radius 2 is 2.11 bits per heavy atom. The van der Waals surface area contributed by atoms with Crippen LogP contribution in [0.1, 0.15) is 4.88 Å². The number of rotatable bonds is 4. The highest BCUT2D eigenvalue weighted by molar-refractivity contribution is 9.10. The summed E-state index contributed by atoms with van der Waals surface area (Å²) in [5.74, 6) is -2.46. The van der Waals surface area contributed by atoms with Crippen LogP contribution in [-0.2, 0) is 6.61 Å². The summed E-state index contributed by atoms with van der Waals surface area (Å²) in [6.07, 6.45) is 0. The molecule has 0 bridgehead atoms. The summed E-state index contributed by atoms with van der Waals surface area (Å²) < 4.78 is 32.8. The topological polar surface area (TPSA) is 52.4 Å². The van der Waals surface area contributed by atoms with Crippen molar-refractivity contribution < 1.29 is 18.4 Å². The molecule has 19 heavy (non-hydrogen) atoms. The van der Waals surface area contributed by atoms with Crippen LogP contribution in [0.2, 0.25) is 0 Å². The van der Waals surface area contributed by atoms with Gasteiger partial charge in [-0.3, -0.25) is 10.1 Å². The van der Waals surface area contributed by atoms with Gasteiger partial charge in [-0.15, -0.1) is 11.3 Å². The molecule has 8 heteroatoms. The lowest BCUT2D eigenvalue weighted by Crippen LogP contribution is -1.99. The molecule has 0 unspecified atom stereocenters. The zero-order valence-corrected chi connectivity index (χ0v) is 11.6. The van der Waals surface area contributed by atoms with Gasteiger partial charge in [-0.25, -0.2) is 4.39 Å². The van der Waals surface area contributed by atoms with Crippen molar-refractivity contribution in [2.75, 3.05) is 0 Å². The average molecular weight is 350 g/mol. The lowest BCUT2D eigenvalue weighted by atomic mass is 10.3. The molecule has 0 aliphatic heterocycles. The molecule has 0 radical (unpaired) electrons. The van der Waals surface area contributed by atoms with E-state index in [9.17, 15) is 18.9 Å². The number of halogens is 3. The summed E-state index contributed by atoms with van der Waals surface area (Å²) in [6, 6.07) is 2.99. The SMILES string of the molecule is O=[N+]([O-])c1cc(F)c(OCc2sccc2Br)cc1F. The van der Waals surface area contributed by atoms with E-state index in [0.29, 0.717) is 12.1 Å². The quantitative estimate of drug-likeness (QED) is 0.611. The van der Waals surface area contributed by atoms with Crippen molar-refractivity contribution in [2.24, 2.45) is 0 Å². The van der Waals surface area contributed by atoms with Crippen LogP contribution >= 0.6 is 27.3 Å². The first-order valence-corrected chi connectivity index (χ1v) is 6.64. The van der Waals surface area contributed by atoms with E-state index in [2.05, 4.69) is 15.9 Å². The molecule has 2 aromatic rings. The van der Waals surface area contributed by atoms with Gasteiger partial charge in [0.1, 0.15) is 6.61 Å². The maximum atomic E-state index is 13.5. The minimum Gasteiger partial charge on any atom is -0.485 e. The Hall–Kier alpha value is -1.54. The van der Waals surface area contributed by atoms with E-state index in [1.165, 1.54) is 11.3 Å². The molecule has 0 saturated carbocycles. The summed E-state index contributed by atoms with van der Waals surface area (Å²) in [7, 11) is 0. The van der Waals surface area contributed by atoms with E-state index in [-0.39, 0.29) is 12.4 Å². The number of nitro benzene ring substituents is 1. The van der Waals surface area contributed by atoms with Crippen LogP contribution < -0.4 is 4.74 Å². The van der Waals surface area contributed by atoms with Gasteiger partial charge in [0.05, 0.1) is 15.9 Å². The van der Waals surface area contributed by atoms with Gasteiger partial charge < -0.3 is 4.74 Å². The number of thiophene rings is 1. The molecule has 0 saturated heterocycles. The Balaban J connectivity index is 2.20. The summed E-state index contributed by atoms with van der Waals surface area (Å²) in [6.45, 7) is 0.0480. The monoisotopic (exact) mass is 349 g/mol. The normalized spacial score (nSPS) is 10.5. The Labute approximate surface area is 118 Å². The summed E-state index contributed by atoms with van der Waals surface area (Å²) in [5, 5.41) is 12.2. The van der Waals surface area contributed by atoms with E-state index in [0.717, 1.165) is 9.35 Å². The van der Waals surface area contributed by atoms with Crippen molar-refractivity contribution in [1.29, 1.82) is 0 Å². The minimum atomic E-state index is -1.13. The van der Waals surface area contributed by atoms with E-state index in [1.807, 2.05) is 5.38 Å². The maximum Gasteiger partial charge on any atom is 0.307 e. The van der Waals surface area contributed by atoms with Crippen molar-refractivity contribution in [2.45, 2.75) is 6.61 Å². The van der Waals surface area contributed by atoms with E-state index < -0.39 is 22.2 Å². The van der Waals surface area contributed by atoms with Crippen LogP contribution in [0.4, 0.5) is 14.5 Å². The molecule has 0 amide bonds. The third kappa shape index (κ3) is 3.07. The number of nitro groups is 1. The molecule has 0 aliphatic carbocycles. The Morgan fingerprint density at radius 3 is 2.68 bits per heavy atom. The zero-order chi connectivity index (χ0) is 14.0. The second-order valence-electron chi connectivity index (χ2n) is 3.47. The van der Waals surface area contributed by atoms with E-state index >= 15 is 0 Å². The van der Waals surface area contributed by atoms with Crippen LogP contribution in [-0.4, -0.2) is 4.92 Å². The Morgan fingerprint density at radius 1 is 1.37 bits per heavy atom. The van der Waals surface area contributed by atoms with Crippen LogP contribution in [0.25, 0.3) is 0 Å². The Bertz CT molecular complexity index is 632. The second-order valence-corrected chi connectivity index (χ2v) is 5.33. The minimum absolute atomic E-state index is 0.0480. The van der Waals surface area contributed by atoms with Crippen LogP contribution in [0, 0.1) is 21.7 Å². The van der Waals surface area contributed by atoms with Gasteiger partial charge in [-0.05, 0) is 27.4 Å². The fourth-order valence-electron chi connectivity index (χ4n) is 1.34. The van der Waals surface area contributed by atoms with E-state index in [4.69, 9.17) is 4.74 Å². The average Bonchev–Trinajstić information content (AvgIpc) is 2.75. The summed E-state index contributed by atoms with van der Waals surface area (Å²) in [4.78, 5) is 10.2. The van der Waals surface area contributed by atoms with Gasteiger partial charge in [-0.1, -0.05) is 0 Å².